The molecule has 0 saturated carbocycles. The van der Waals surface area contributed by atoms with Gasteiger partial charge in [0.2, 0.25) is 0 Å². The Hall–Kier alpha value is -3.60. The summed E-state index contributed by atoms with van der Waals surface area (Å²) in [5.41, 5.74) is 3.66. The van der Waals surface area contributed by atoms with Gasteiger partial charge in [-0.05, 0) is 48.4 Å². The largest absolute Gasteiger partial charge is 0.370 e. The van der Waals surface area contributed by atoms with Crippen LogP contribution in [0.5, 0.6) is 0 Å². The van der Waals surface area contributed by atoms with Gasteiger partial charge in [-0.25, -0.2) is 14.4 Å². The maximum atomic E-state index is 13.3. The van der Waals surface area contributed by atoms with E-state index in [2.05, 4.69) is 32.4 Å². The third kappa shape index (κ3) is 4.38. The van der Waals surface area contributed by atoms with E-state index in [0.29, 0.717) is 5.82 Å². The van der Waals surface area contributed by atoms with Gasteiger partial charge in [0.1, 0.15) is 11.6 Å². The second kappa shape index (κ2) is 8.39. The lowest BCUT2D eigenvalue weighted by Gasteiger charge is -2.11. The lowest BCUT2D eigenvalue weighted by Crippen LogP contribution is -2.08. The Morgan fingerprint density at radius 3 is 2.39 bits per heavy atom. The van der Waals surface area contributed by atoms with Crippen LogP contribution in [-0.2, 0) is 6.42 Å². The normalized spacial score (nSPS) is 10.6. The van der Waals surface area contributed by atoms with Gasteiger partial charge in [0, 0.05) is 36.1 Å². The Morgan fingerprint density at radius 1 is 0.821 bits per heavy atom. The highest BCUT2D eigenvalue weighted by molar-refractivity contribution is 5.67. The fourth-order valence-electron chi connectivity index (χ4n) is 2.91. The molecule has 2 aromatic heterocycles. The van der Waals surface area contributed by atoms with Crippen LogP contribution in [0.2, 0.25) is 0 Å². The van der Waals surface area contributed by atoms with Crippen molar-refractivity contribution in [2.45, 2.75) is 6.42 Å². The maximum absolute atomic E-state index is 13.3. The fraction of sp³-hybridized carbons (Fsp3) is 0.0870. The van der Waals surface area contributed by atoms with E-state index in [1.54, 1.807) is 24.5 Å². The number of aromatic nitrogens is 3. The molecule has 4 aromatic rings. The number of rotatable bonds is 6. The molecule has 1 N–H and O–H groups in total. The smallest absolute Gasteiger partial charge is 0.163 e. The third-order valence-corrected chi connectivity index (χ3v) is 4.35. The molecule has 138 valence electrons. The summed E-state index contributed by atoms with van der Waals surface area (Å²) in [4.78, 5) is 13.5. The van der Waals surface area contributed by atoms with E-state index in [1.165, 1.54) is 17.7 Å². The molecule has 0 bridgehead atoms. The van der Waals surface area contributed by atoms with E-state index >= 15 is 0 Å². The van der Waals surface area contributed by atoms with Crippen molar-refractivity contribution < 1.29 is 4.39 Å². The number of hydrogen-bond donors (Lipinski definition) is 1. The fourth-order valence-corrected chi connectivity index (χ4v) is 2.91. The number of benzene rings is 2. The molecular formula is C23H19FN4. The quantitative estimate of drug-likeness (QED) is 0.519. The predicted octanol–water partition coefficient (Wildman–Crippen LogP) is 5.00. The van der Waals surface area contributed by atoms with Crippen molar-refractivity contribution in [1.29, 1.82) is 0 Å². The molecule has 28 heavy (non-hydrogen) atoms. The average molecular weight is 370 g/mol. The SMILES string of the molecule is Fc1ccc(-c2cc(NCCc3ccccc3)nc(-c3cccnc3)n2)cc1. The van der Waals surface area contributed by atoms with Crippen LogP contribution in [0.3, 0.4) is 0 Å². The van der Waals surface area contributed by atoms with Gasteiger partial charge in [-0.15, -0.1) is 0 Å². The van der Waals surface area contributed by atoms with Gasteiger partial charge < -0.3 is 5.32 Å². The zero-order valence-corrected chi connectivity index (χ0v) is 15.2. The molecule has 4 rings (SSSR count). The number of nitrogens with one attached hydrogen (secondary N) is 1. The molecule has 0 atom stereocenters. The molecular weight excluding hydrogens is 351 g/mol. The van der Waals surface area contributed by atoms with Crippen molar-refractivity contribution >= 4 is 5.82 Å². The first-order valence-electron chi connectivity index (χ1n) is 9.11. The summed E-state index contributed by atoms with van der Waals surface area (Å²) in [6, 6.07) is 22.3. The minimum atomic E-state index is -0.272. The lowest BCUT2D eigenvalue weighted by molar-refractivity contribution is 0.628. The van der Waals surface area contributed by atoms with Crippen molar-refractivity contribution in [1.82, 2.24) is 15.0 Å². The average Bonchev–Trinajstić information content (AvgIpc) is 2.75. The van der Waals surface area contributed by atoms with E-state index in [4.69, 9.17) is 0 Å². The second-order valence-corrected chi connectivity index (χ2v) is 6.37. The van der Waals surface area contributed by atoms with Crippen molar-refractivity contribution in [2.75, 3.05) is 11.9 Å². The Balaban J connectivity index is 1.62. The van der Waals surface area contributed by atoms with Crippen LogP contribution in [0.1, 0.15) is 5.56 Å². The summed E-state index contributed by atoms with van der Waals surface area (Å²) in [7, 11) is 0. The van der Waals surface area contributed by atoms with Crippen molar-refractivity contribution in [2.24, 2.45) is 0 Å². The molecule has 5 heteroatoms. The monoisotopic (exact) mass is 370 g/mol. The molecule has 4 nitrogen and oxygen atoms in total. The van der Waals surface area contributed by atoms with E-state index < -0.39 is 0 Å². The van der Waals surface area contributed by atoms with Gasteiger partial charge in [0.25, 0.3) is 0 Å². The van der Waals surface area contributed by atoms with Crippen LogP contribution >= 0.6 is 0 Å². The predicted molar refractivity (Wildman–Crippen MR) is 109 cm³/mol. The highest BCUT2D eigenvalue weighted by Crippen LogP contribution is 2.24. The van der Waals surface area contributed by atoms with E-state index in [1.807, 2.05) is 36.4 Å². The van der Waals surface area contributed by atoms with Gasteiger partial charge >= 0.3 is 0 Å². The zero-order valence-electron chi connectivity index (χ0n) is 15.2. The topological polar surface area (TPSA) is 50.7 Å². The third-order valence-electron chi connectivity index (χ3n) is 4.35. The van der Waals surface area contributed by atoms with Crippen LogP contribution in [0.15, 0.2) is 85.2 Å². The minimum absolute atomic E-state index is 0.272. The summed E-state index contributed by atoms with van der Waals surface area (Å²) < 4.78 is 13.3. The van der Waals surface area contributed by atoms with Crippen LogP contribution in [-0.4, -0.2) is 21.5 Å². The van der Waals surface area contributed by atoms with Crippen LogP contribution < -0.4 is 5.32 Å². The maximum Gasteiger partial charge on any atom is 0.163 e. The Labute approximate surface area is 163 Å². The van der Waals surface area contributed by atoms with Gasteiger partial charge in [-0.1, -0.05) is 30.3 Å². The molecule has 0 spiro atoms. The summed E-state index contributed by atoms with van der Waals surface area (Å²) in [5, 5.41) is 3.38. The highest BCUT2D eigenvalue weighted by Gasteiger charge is 2.09. The van der Waals surface area contributed by atoms with E-state index in [9.17, 15) is 4.39 Å². The zero-order chi connectivity index (χ0) is 19.2. The van der Waals surface area contributed by atoms with Crippen molar-refractivity contribution in [3.63, 3.8) is 0 Å². The van der Waals surface area contributed by atoms with Gasteiger partial charge in [0.05, 0.1) is 5.69 Å². The number of pyridine rings is 1. The molecule has 2 aromatic carbocycles. The summed E-state index contributed by atoms with van der Waals surface area (Å²) in [5.74, 6) is 1.03. The summed E-state index contributed by atoms with van der Waals surface area (Å²) in [6.45, 7) is 0.746. The van der Waals surface area contributed by atoms with Gasteiger partial charge in [-0.2, -0.15) is 0 Å². The van der Waals surface area contributed by atoms with Crippen LogP contribution in [0.4, 0.5) is 10.2 Å². The van der Waals surface area contributed by atoms with Crippen LogP contribution in [0, 0.1) is 5.82 Å². The summed E-state index contributed by atoms with van der Waals surface area (Å²) in [6.07, 6.45) is 4.34. The number of nitrogens with zero attached hydrogens (tertiary/aromatic N) is 3. The molecule has 0 fully saturated rings. The molecule has 0 aliphatic heterocycles. The molecule has 2 heterocycles. The molecule has 0 saturated heterocycles. The van der Waals surface area contributed by atoms with E-state index in [-0.39, 0.29) is 5.82 Å². The Kier molecular flexibility index (Phi) is 5.33. The minimum Gasteiger partial charge on any atom is -0.370 e. The molecule has 0 aliphatic rings. The van der Waals surface area contributed by atoms with Crippen molar-refractivity contribution in [3.8, 4) is 22.6 Å². The Bertz CT molecular complexity index is 1040. The number of halogens is 1. The summed E-state index contributed by atoms with van der Waals surface area (Å²) >= 11 is 0. The second-order valence-electron chi connectivity index (χ2n) is 6.37. The molecule has 0 amide bonds. The number of hydrogen-bond acceptors (Lipinski definition) is 4. The first-order chi connectivity index (χ1) is 13.8. The molecule has 0 unspecified atom stereocenters. The molecule has 0 aliphatic carbocycles. The lowest BCUT2D eigenvalue weighted by atomic mass is 10.1. The first kappa shape index (κ1) is 17.8. The van der Waals surface area contributed by atoms with Crippen LogP contribution in [0.25, 0.3) is 22.6 Å². The standard InChI is InChI=1S/C23H19FN4/c24-20-10-8-18(9-11-20)21-15-22(26-14-12-17-5-2-1-3-6-17)28-23(27-21)19-7-4-13-25-16-19/h1-11,13,15-16H,12,14H2,(H,26,27,28). The first-order valence-corrected chi connectivity index (χ1v) is 9.11. The molecule has 0 radical (unpaired) electrons. The van der Waals surface area contributed by atoms with Crippen molar-refractivity contribution in [3.05, 3.63) is 96.6 Å². The van der Waals surface area contributed by atoms with Gasteiger partial charge in [0.15, 0.2) is 5.82 Å². The number of anilines is 1. The van der Waals surface area contributed by atoms with Gasteiger partial charge in [-0.3, -0.25) is 4.98 Å². The van der Waals surface area contributed by atoms with E-state index in [0.717, 1.165) is 35.6 Å². The highest BCUT2D eigenvalue weighted by atomic mass is 19.1. The Morgan fingerprint density at radius 2 is 1.64 bits per heavy atom.